The van der Waals surface area contributed by atoms with Crippen molar-refractivity contribution in [3.8, 4) is 0 Å². The van der Waals surface area contributed by atoms with E-state index < -0.39 is 0 Å². The van der Waals surface area contributed by atoms with Gasteiger partial charge in [0, 0.05) is 34.0 Å². The Morgan fingerprint density at radius 1 is 1.21 bits per heavy atom. The number of carbonyl (C=O) groups is 1. The number of benzene rings is 2. The van der Waals surface area contributed by atoms with Crippen molar-refractivity contribution in [2.75, 3.05) is 22.3 Å². The molecule has 0 saturated carbocycles. The van der Waals surface area contributed by atoms with Crippen LogP contribution in [0.3, 0.4) is 0 Å². The van der Waals surface area contributed by atoms with E-state index in [9.17, 15) is 4.79 Å². The van der Waals surface area contributed by atoms with E-state index in [-0.39, 0.29) is 12.1 Å². The second kappa shape index (κ2) is 8.77. The van der Waals surface area contributed by atoms with Crippen molar-refractivity contribution < 1.29 is 4.79 Å². The van der Waals surface area contributed by atoms with Gasteiger partial charge in [0.1, 0.15) is 12.1 Å². The lowest BCUT2D eigenvalue weighted by Gasteiger charge is -2.34. The fourth-order valence-corrected chi connectivity index (χ4v) is 4.47. The molecule has 0 atom stereocenters. The molecule has 0 aliphatic carbocycles. The molecular weight excluding hydrogens is 474 g/mol. The summed E-state index contributed by atoms with van der Waals surface area (Å²) >= 11 is 13.9. The number of fused-ring (bicyclic) bond motifs is 1. The van der Waals surface area contributed by atoms with Gasteiger partial charge in [-0.1, -0.05) is 36.5 Å². The van der Waals surface area contributed by atoms with Gasteiger partial charge >= 0.3 is 6.03 Å². The number of para-hydroxylation sites is 1. The first-order valence-corrected chi connectivity index (χ1v) is 10.8. The average Bonchev–Trinajstić information content (AvgIpc) is 2.73. The molecule has 1 aliphatic heterocycles. The Labute approximate surface area is 187 Å². The van der Waals surface area contributed by atoms with E-state index in [0.717, 1.165) is 47.1 Å². The first-order valence-electron chi connectivity index (χ1n) is 9.22. The van der Waals surface area contributed by atoms with E-state index in [2.05, 4.69) is 48.9 Å². The van der Waals surface area contributed by atoms with Crippen molar-refractivity contribution in [1.82, 2.24) is 15.3 Å². The number of carbonyl (C=O) groups excluding carboxylic acids is 1. The van der Waals surface area contributed by atoms with E-state index in [1.165, 1.54) is 4.31 Å². The Morgan fingerprint density at radius 2 is 1.97 bits per heavy atom. The van der Waals surface area contributed by atoms with Gasteiger partial charge in [0.15, 0.2) is 0 Å². The molecule has 1 fully saturated rings. The van der Waals surface area contributed by atoms with Crippen LogP contribution in [0.25, 0.3) is 10.9 Å². The number of nitrogens with zero attached hydrogens (tertiary/aromatic N) is 4. The first kappa shape index (κ1) is 20.3. The van der Waals surface area contributed by atoms with Crippen LogP contribution in [-0.2, 0) is 0 Å². The minimum Gasteiger partial charge on any atom is -0.356 e. The van der Waals surface area contributed by atoms with E-state index in [0.29, 0.717) is 10.7 Å². The molecule has 9 heteroatoms. The van der Waals surface area contributed by atoms with Gasteiger partial charge in [-0.2, -0.15) is 0 Å². The summed E-state index contributed by atoms with van der Waals surface area (Å²) in [6, 6.07) is 13.0. The second-order valence-corrected chi connectivity index (χ2v) is 8.52. The van der Waals surface area contributed by atoms with Gasteiger partial charge in [-0.15, -0.1) is 0 Å². The highest BCUT2D eigenvalue weighted by Crippen LogP contribution is 2.29. The number of halogens is 2. The van der Waals surface area contributed by atoms with E-state index in [1.807, 2.05) is 42.5 Å². The lowest BCUT2D eigenvalue weighted by molar-refractivity contribution is 0.243. The summed E-state index contributed by atoms with van der Waals surface area (Å²) in [5, 5.41) is 4.71. The fourth-order valence-electron chi connectivity index (χ4n) is 3.47. The lowest BCUT2D eigenvalue weighted by atomic mass is 10.0. The van der Waals surface area contributed by atoms with Crippen molar-refractivity contribution in [2.45, 2.75) is 18.9 Å². The smallest absolute Gasteiger partial charge is 0.332 e. The molecule has 1 aliphatic rings. The number of aromatic nitrogens is 2. The van der Waals surface area contributed by atoms with Crippen LogP contribution >= 0.6 is 40.3 Å². The van der Waals surface area contributed by atoms with Gasteiger partial charge in [0.05, 0.1) is 11.2 Å². The molecule has 6 nitrogen and oxygen atoms in total. The van der Waals surface area contributed by atoms with Crippen molar-refractivity contribution in [1.29, 1.82) is 0 Å². The number of amides is 2. The number of hydrogen-bond acceptors (Lipinski definition) is 5. The molecule has 0 bridgehead atoms. The Bertz CT molecular complexity index is 1040. The molecule has 2 aromatic carbocycles. The molecule has 0 radical (unpaired) electrons. The number of anilines is 2. The molecule has 3 aromatic rings. The van der Waals surface area contributed by atoms with Crippen LogP contribution in [0.2, 0.25) is 5.02 Å². The molecule has 1 aromatic heterocycles. The zero-order valence-corrected chi connectivity index (χ0v) is 18.7. The Kier molecular flexibility index (Phi) is 6.12. The van der Waals surface area contributed by atoms with Crippen molar-refractivity contribution in [3.05, 3.63) is 58.3 Å². The molecule has 0 unspecified atom stereocenters. The zero-order valence-electron chi connectivity index (χ0n) is 15.4. The van der Waals surface area contributed by atoms with Crippen LogP contribution in [0.15, 0.2) is 53.3 Å². The number of nitrogens with one attached hydrogen (secondary N) is 1. The number of thiol groups is 1. The Morgan fingerprint density at radius 3 is 2.72 bits per heavy atom. The van der Waals surface area contributed by atoms with Crippen LogP contribution in [0.1, 0.15) is 12.8 Å². The molecule has 1 N–H and O–H groups in total. The zero-order chi connectivity index (χ0) is 20.4. The summed E-state index contributed by atoms with van der Waals surface area (Å²) in [7, 11) is 0. The third kappa shape index (κ3) is 4.44. The first-order chi connectivity index (χ1) is 14.0. The third-order valence-corrected chi connectivity index (χ3v) is 6.28. The maximum Gasteiger partial charge on any atom is 0.332 e. The summed E-state index contributed by atoms with van der Waals surface area (Å²) in [6.45, 7) is 1.59. The quantitative estimate of drug-likeness (QED) is 0.501. The minimum absolute atomic E-state index is 0.0819. The van der Waals surface area contributed by atoms with E-state index >= 15 is 0 Å². The van der Waals surface area contributed by atoms with Crippen LogP contribution in [-0.4, -0.2) is 35.1 Å². The summed E-state index contributed by atoms with van der Waals surface area (Å²) in [5.74, 6) is 0.903. The monoisotopic (exact) mass is 491 g/mol. The Hall–Kier alpha value is -2.03. The third-order valence-electron chi connectivity index (χ3n) is 4.97. The number of hydrogen-bond donors (Lipinski definition) is 2. The predicted molar refractivity (Wildman–Crippen MR) is 124 cm³/mol. The number of urea groups is 1. The summed E-state index contributed by atoms with van der Waals surface area (Å²) in [6.07, 6.45) is 3.21. The largest absolute Gasteiger partial charge is 0.356 e. The molecule has 0 spiro atoms. The second-order valence-electron chi connectivity index (χ2n) is 6.83. The van der Waals surface area contributed by atoms with E-state index in [4.69, 9.17) is 11.6 Å². The SMILES string of the molecule is O=C(NC1CCN(c2ncnc3cc(Cl)ccc23)CC1)N(S)c1ccccc1Br. The highest BCUT2D eigenvalue weighted by Gasteiger charge is 2.25. The molecule has 29 heavy (non-hydrogen) atoms. The molecule has 2 amide bonds. The van der Waals surface area contributed by atoms with Gasteiger partial charge in [-0.05, 0) is 59.1 Å². The molecule has 150 valence electrons. The normalized spacial score (nSPS) is 14.8. The van der Waals surface area contributed by atoms with Gasteiger partial charge < -0.3 is 10.2 Å². The molecule has 1 saturated heterocycles. The predicted octanol–water partition coefficient (Wildman–Crippen LogP) is 5.08. The van der Waals surface area contributed by atoms with Crippen LogP contribution in [0.4, 0.5) is 16.3 Å². The van der Waals surface area contributed by atoms with Gasteiger partial charge in [-0.25, -0.2) is 19.1 Å². The van der Waals surface area contributed by atoms with Gasteiger partial charge in [-0.3, -0.25) is 0 Å². The van der Waals surface area contributed by atoms with Crippen LogP contribution in [0, 0.1) is 0 Å². The van der Waals surface area contributed by atoms with E-state index in [1.54, 1.807) is 6.33 Å². The molecular formula is C20H19BrClN5OS. The Balaban J connectivity index is 1.40. The minimum atomic E-state index is -0.235. The highest BCUT2D eigenvalue weighted by molar-refractivity contribution is 9.10. The summed E-state index contributed by atoms with van der Waals surface area (Å²) in [4.78, 5) is 23.6. The van der Waals surface area contributed by atoms with Crippen molar-refractivity contribution in [2.24, 2.45) is 0 Å². The van der Waals surface area contributed by atoms with Crippen molar-refractivity contribution >= 4 is 68.8 Å². The van der Waals surface area contributed by atoms with Gasteiger partial charge in [0.25, 0.3) is 0 Å². The van der Waals surface area contributed by atoms with Gasteiger partial charge in [0.2, 0.25) is 0 Å². The maximum absolute atomic E-state index is 12.6. The topological polar surface area (TPSA) is 61.4 Å². The number of rotatable bonds is 3. The maximum atomic E-state index is 12.6. The van der Waals surface area contributed by atoms with Crippen LogP contribution < -0.4 is 14.5 Å². The lowest BCUT2D eigenvalue weighted by Crippen LogP contribution is -2.47. The number of piperidine rings is 1. The molecule has 4 rings (SSSR count). The van der Waals surface area contributed by atoms with Crippen LogP contribution in [0.5, 0.6) is 0 Å². The highest BCUT2D eigenvalue weighted by atomic mass is 79.9. The summed E-state index contributed by atoms with van der Waals surface area (Å²) in [5.41, 5.74) is 1.54. The standard InChI is InChI=1S/C20H19BrClN5OS/c21-16-3-1-2-4-18(16)27(29)20(28)25-14-7-9-26(10-8-14)19-15-6-5-13(22)11-17(15)23-12-24-19/h1-6,11-12,14,29H,7-10H2,(H,25,28). The van der Waals surface area contributed by atoms with Crippen molar-refractivity contribution in [3.63, 3.8) is 0 Å². The summed E-state index contributed by atoms with van der Waals surface area (Å²) < 4.78 is 2.15. The average molecular weight is 493 g/mol. The molecule has 2 heterocycles. The fraction of sp³-hybridized carbons (Fsp3) is 0.250.